The maximum absolute atomic E-state index is 13.6. The average molecular weight is 411 g/mol. The zero-order valence-electron chi connectivity index (χ0n) is 13.6. The second-order valence-electron chi connectivity index (χ2n) is 5.11. The molecule has 0 fully saturated rings. The van der Waals surface area contributed by atoms with Crippen molar-refractivity contribution in [3.8, 4) is 5.75 Å². The summed E-state index contributed by atoms with van der Waals surface area (Å²) in [6.07, 6.45) is 0. The van der Waals surface area contributed by atoms with Crippen LogP contribution in [0.5, 0.6) is 5.75 Å². The Labute approximate surface area is 160 Å². The van der Waals surface area contributed by atoms with Gasteiger partial charge in [-0.3, -0.25) is 10.1 Å². The largest absolute Gasteiger partial charge is 0.435 e. The SMILES string of the molecule is O=C(Nc1nnc(SCc2ccccc2F)s1)c1ccc(OC(F)F)cc1. The van der Waals surface area contributed by atoms with E-state index in [1.807, 2.05) is 0 Å². The van der Waals surface area contributed by atoms with E-state index in [1.165, 1.54) is 42.1 Å². The molecule has 0 radical (unpaired) electrons. The highest BCUT2D eigenvalue weighted by atomic mass is 32.2. The van der Waals surface area contributed by atoms with Gasteiger partial charge in [-0.15, -0.1) is 10.2 Å². The molecule has 0 unspecified atom stereocenters. The van der Waals surface area contributed by atoms with Crippen molar-refractivity contribution in [2.45, 2.75) is 16.7 Å². The van der Waals surface area contributed by atoms with Crippen LogP contribution < -0.4 is 10.1 Å². The highest BCUT2D eigenvalue weighted by Gasteiger charge is 2.12. The summed E-state index contributed by atoms with van der Waals surface area (Å²) >= 11 is 2.46. The Kier molecular flexibility index (Phi) is 6.30. The van der Waals surface area contributed by atoms with Crippen molar-refractivity contribution < 1.29 is 22.7 Å². The van der Waals surface area contributed by atoms with Gasteiger partial charge in [0, 0.05) is 11.3 Å². The molecule has 3 aromatic rings. The van der Waals surface area contributed by atoms with Gasteiger partial charge in [0.1, 0.15) is 11.6 Å². The Morgan fingerprint density at radius 1 is 1.15 bits per heavy atom. The first-order chi connectivity index (χ1) is 13.0. The zero-order chi connectivity index (χ0) is 19.2. The molecule has 5 nitrogen and oxygen atoms in total. The Morgan fingerprint density at radius 2 is 1.89 bits per heavy atom. The quantitative estimate of drug-likeness (QED) is 0.446. The van der Waals surface area contributed by atoms with E-state index in [4.69, 9.17) is 0 Å². The maximum Gasteiger partial charge on any atom is 0.387 e. The van der Waals surface area contributed by atoms with Gasteiger partial charge in [0.25, 0.3) is 5.91 Å². The normalized spacial score (nSPS) is 10.8. The summed E-state index contributed by atoms with van der Waals surface area (Å²) in [5, 5.41) is 10.7. The molecule has 0 saturated heterocycles. The van der Waals surface area contributed by atoms with Crippen molar-refractivity contribution >= 4 is 34.1 Å². The van der Waals surface area contributed by atoms with E-state index in [9.17, 15) is 18.0 Å². The topological polar surface area (TPSA) is 64.1 Å². The fourth-order valence-electron chi connectivity index (χ4n) is 2.03. The van der Waals surface area contributed by atoms with Gasteiger partial charge in [0.05, 0.1) is 0 Å². The lowest BCUT2D eigenvalue weighted by molar-refractivity contribution is -0.0498. The summed E-state index contributed by atoms with van der Waals surface area (Å²) in [4.78, 5) is 12.2. The number of ether oxygens (including phenoxy) is 1. The van der Waals surface area contributed by atoms with E-state index in [0.29, 0.717) is 15.7 Å². The molecule has 140 valence electrons. The molecule has 0 aliphatic rings. The predicted molar refractivity (Wildman–Crippen MR) is 96.9 cm³/mol. The second-order valence-corrected chi connectivity index (χ2v) is 7.31. The number of hydrogen-bond donors (Lipinski definition) is 1. The molecule has 0 saturated carbocycles. The number of rotatable bonds is 7. The third-order valence-electron chi connectivity index (χ3n) is 3.28. The first-order valence-electron chi connectivity index (χ1n) is 7.57. The zero-order valence-corrected chi connectivity index (χ0v) is 15.2. The summed E-state index contributed by atoms with van der Waals surface area (Å²) in [5.41, 5.74) is 0.807. The molecule has 1 N–H and O–H groups in total. The second kappa shape index (κ2) is 8.87. The lowest BCUT2D eigenvalue weighted by Crippen LogP contribution is -2.11. The molecule has 1 heterocycles. The Morgan fingerprint density at radius 3 is 2.59 bits per heavy atom. The number of thioether (sulfide) groups is 1. The molecule has 10 heteroatoms. The van der Waals surface area contributed by atoms with Crippen LogP contribution in [0.2, 0.25) is 0 Å². The molecule has 0 bridgehead atoms. The molecule has 2 aromatic carbocycles. The lowest BCUT2D eigenvalue weighted by Gasteiger charge is -2.05. The van der Waals surface area contributed by atoms with Crippen molar-refractivity contribution in [2.75, 3.05) is 5.32 Å². The smallest absolute Gasteiger partial charge is 0.387 e. The number of hydrogen-bond acceptors (Lipinski definition) is 6. The van der Waals surface area contributed by atoms with Gasteiger partial charge < -0.3 is 4.74 Å². The number of benzene rings is 2. The third kappa shape index (κ3) is 5.44. The van der Waals surface area contributed by atoms with Crippen molar-refractivity contribution in [1.29, 1.82) is 0 Å². The summed E-state index contributed by atoms with van der Waals surface area (Å²) < 4.78 is 42.7. The molecule has 27 heavy (non-hydrogen) atoms. The van der Waals surface area contributed by atoms with Crippen molar-refractivity contribution in [2.24, 2.45) is 0 Å². The standard InChI is InChI=1S/C17H12F3N3O2S2/c18-13-4-2-1-3-11(13)9-26-17-23-22-16(27-17)21-14(24)10-5-7-12(8-6-10)25-15(19)20/h1-8,15H,9H2,(H,21,22,24). The van der Waals surface area contributed by atoms with Gasteiger partial charge in [-0.1, -0.05) is 41.3 Å². The van der Waals surface area contributed by atoms with Crippen molar-refractivity contribution in [3.63, 3.8) is 0 Å². The molecule has 0 aliphatic heterocycles. The highest BCUT2D eigenvalue weighted by Crippen LogP contribution is 2.29. The minimum atomic E-state index is -2.92. The number of anilines is 1. The molecular formula is C17H12F3N3O2S2. The number of alkyl halides is 2. The number of nitrogens with zero attached hydrogens (tertiary/aromatic N) is 2. The first-order valence-corrected chi connectivity index (χ1v) is 9.37. The van der Waals surface area contributed by atoms with Crippen LogP contribution in [0.25, 0.3) is 0 Å². The van der Waals surface area contributed by atoms with Gasteiger partial charge in [0.2, 0.25) is 5.13 Å². The summed E-state index contributed by atoms with van der Waals surface area (Å²) in [6, 6.07) is 11.7. The average Bonchev–Trinajstić information content (AvgIpc) is 3.08. The fourth-order valence-corrected chi connectivity index (χ4v) is 3.76. The van der Waals surface area contributed by atoms with E-state index < -0.39 is 12.5 Å². The van der Waals surface area contributed by atoms with Gasteiger partial charge in [-0.05, 0) is 35.9 Å². The van der Waals surface area contributed by atoms with Gasteiger partial charge in [0.15, 0.2) is 4.34 Å². The minimum Gasteiger partial charge on any atom is -0.435 e. The number of nitrogens with one attached hydrogen (secondary N) is 1. The van der Waals surface area contributed by atoms with E-state index in [-0.39, 0.29) is 22.3 Å². The summed E-state index contributed by atoms with van der Waals surface area (Å²) in [6.45, 7) is -2.92. The Balaban J connectivity index is 1.57. The molecule has 1 aromatic heterocycles. The number of halogens is 3. The molecule has 0 atom stereocenters. The molecule has 0 aliphatic carbocycles. The molecule has 0 spiro atoms. The van der Waals surface area contributed by atoms with Crippen LogP contribution in [0.1, 0.15) is 15.9 Å². The third-order valence-corrected chi connectivity index (χ3v) is 5.30. The van der Waals surface area contributed by atoms with Crippen molar-refractivity contribution in [1.82, 2.24) is 10.2 Å². The van der Waals surface area contributed by atoms with Crippen LogP contribution in [0, 0.1) is 5.82 Å². The fraction of sp³-hybridized carbons (Fsp3) is 0.118. The van der Waals surface area contributed by atoms with E-state index in [2.05, 4.69) is 20.3 Å². The van der Waals surface area contributed by atoms with Crippen molar-refractivity contribution in [3.05, 3.63) is 65.5 Å². The van der Waals surface area contributed by atoms with E-state index in [0.717, 1.165) is 11.3 Å². The maximum atomic E-state index is 13.6. The van der Waals surface area contributed by atoms with Crippen LogP contribution >= 0.6 is 23.1 Å². The van der Waals surface area contributed by atoms with Crippen LogP contribution in [0.3, 0.4) is 0 Å². The minimum absolute atomic E-state index is 0.0377. The number of carbonyl (C=O) groups excluding carboxylic acids is 1. The Bertz CT molecular complexity index is 920. The lowest BCUT2D eigenvalue weighted by atomic mass is 10.2. The van der Waals surface area contributed by atoms with E-state index in [1.54, 1.807) is 18.2 Å². The first kappa shape index (κ1) is 19.2. The monoisotopic (exact) mass is 411 g/mol. The van der Waals surface area contributed by atoms with Crippen LogP contribution in [-0.4, -0.2) is 22.7 Å². The summed E-state index contributed by atoms with van der Waals surface area (Å²) in [5.74, 6) is -0.395. The van der Waals surface area contributed by atoms with Crippen LogP contribution in [-0.2, 0) is 5.75 Å². The number of amides is 1. The number of carbonyl (C=O) groups is 1. The van der Waals surface area contributed by atoms with Gasteiger partial charge >= 0.3 is 6.61 Å². The molecule has 3 rings (SSSR count). The van der Waals surface area contributed by atoms with Gasteiger partial charge in [-0.2, -0.15) is 8.78 Å². The highest BCUT2D eigenvalue weighted by molar-refractivity contribution is 8.00. The van der Waals surface area contributed by atoms with Gasteiger partial charge in [-0.25, -0.2) is 4.39 Å². The van der Waals surface area contributed by atoms with Crippen LogP contribution in [0.4, 0.5) is 18.3 Å². The van der Waals surface area contributed by atoms with E-state index >= 15 is 0 Å². The summed E-state index contributed by atoms with van der Waals surface area (Å²) in [7, 11) is 0. The predicted octanol–water partition coefficient (Wildman–Crippen LogP) is 4.82. The Hall–Kier alpha value is -2.59. The molecular weight excluding hydrogens is 399 g/mol. The number of aromatic nitrogens is 2. The molecule has 1 amide bonds. The van der Waals surface area contributed by atoms with Crippen LogP contribution in [0.15, 0.2) is 52.9 Å².